The summed E-state index contributed by atoms with van der Waals surface area (Å²) in [4.78, 5) is 20.0. The molecule has 7 nitrogen and oxygen atoms in total. The summed E-state index contributed by atoms with van der Waals surface area (Å²) < 4.78 is 29.7. The molecule has 3 fully saturated rings. The van der Waals surface area contributed by atoms with Gasteiger partial charge in [-0.25, -0.2) is 8.42 Å². The molecule has 176 valence electrons. The predicted molar refractivity (Wildman–Crippen MR) is 124 cm³/mol. The first-order valence-electron chi connectivity index (χ1n) is 12.2. The number of piperazine rings is 1. The molecular weight excluding hydrogens is 426 g/mol. The second kappa shape index (κ2) is 9.31. The van der Waals surface area contributed by atoms with Crippen molar-refractivity contribution < 1.29 is 17.9 Å². The number of carbonyl (C=O) groups is 1. The van der Waals surface area contributed by atoms with Crippen LogP contribution in [0.3, 0.4) is 0 Å². The van der Waals surface area contributed by atoms with Crippen LogP contribution < -0.4 is 4.74 Å². The minimum atomic E-state index is -3.00. The van der Waals surface area contributed by atoms with Crippen LogP contribution in [0.1, 0.15) is 43.2 Å². The van der Waals surface area contributed by atoms with Gasteiger partial charge in [-0.15, -0.1) is 0 Å². The molecule has 1 aliphatic carbocycles. The van der Waals surface area contributed by atoms with Gasteiger partial charge >= 0.3 is 0 Å². The molecule has 0 unspecified atom stereocenters. The van der Waals surface area contributed by atoms with Crippen LogP contribution in [0.4, 0.5) is 0 Å². The largest absolute Gasteiger partial charge is 0.493 e. The monoisotopic (exact) mass is 461 g/mol. The molecule has 0 bridgehead atoms. The number of sulfone groups is 1. The standard InChI is InChI=1S/C24H35N3O4S/c28-24(27(21-3-1-2-4-21)22-8-14-32(29,30)18-22)17-26-11-9-25(10-12-26)16-19-5-6-23-20(15-19)7-13-31-23/h5-6,15,21-22H,1-4,7-14,16-18H2/t22-/m1/s1. The fourth-order valence-electron chi connectivity index (χ4n) is 5.86. The van der Waals surface area contributed by atoms with Gasteiger partial charge in [-0.3, -0.25) is 14.6 Å². The van der Waals surface area contributed by atoms with Crippen LogP contribution in [0.2, 0.25) is 0 Å². The Morgan fingerprint density at radius 3 is 2.50 bits per heavy atom. The highest BCUT2D eigenvalue weighted by molar-refractivity contribution is 7.91. The molecular formula is C24H35N3O4S. The molecule has 32 heavy (non-hydrogen) atoms. The van der Waals surface area contributed by atoms with E-state index in [1.165, 1.54) is 11.1 Å². The van der Waals surface area contributed by atoms with Gasteiger partial charge in [0.1, 0.15) is 5.75 Å². The molecule has 1 aromatic carbocycles. The highest BCUT2D eigenvalue weighted by atomic mass is 32.2. The SMILES string of the molecule is O=C(CN1CCN(Cc2ccc3c(c2)CCO3)CC1)N(C1CCCC1)[C@@H]1CCS(=O)(=O)C1. The van der Waals surface area contributed by atoms with Crippen LogP contribution >= 0.6 is 0 Å². The Labute approximate surface area is 191 Å². The predicted octanol–water partition coefficient (Wildman–Crippen LogP) is 1.70. The summed E-state index contributed by atoms with van der Waals surface area (Å²) in [5.74, 6) is 1.53. The summed E-state index contributed by atoms with van der Waals surface area (Å²) in [5.41, 5.74) is 2.64. The Bertz CT molecular complexity index is 937. The van der Waals surface area contributed by atoms with Gasteiger partial charge in [0.2, 0.25) is 5.91 Å². The van der Waals surface area contributed by atoms with E-state index in [2.05, 4.69) is 28.0 Å². The number of hydrogen-bond donors (Lipinski definition) is 0. The van der Waals surface area contributed by atoms with Crippen molar-refractivity contribution in [2.75, 3.05) is 50.8 Å². The molecule has 1 saturated carbocycles. The maximum absolute atomic E-state index is 13.3. The topological polar surface area (TPSA) is 70.2 Å². The summed E-state index contributed by atoms with van der Waals surface area (Å²) in [5, 5.41) is 0. The van der Waals surface area contributed by atoms with Crippen molar-refractivity contribution in [3.63, 3.8) is 0 Å². The summed E-state index contributed by atoms with van der Waals surface area (Å²) >= 11 is 0. The molecule has 0 spiro atoms. The van der Waals surface area contributed by atoms with Crippen molar-refractivity contribution in [3.05, 3.63) is 29.3 Å². The summed E-state index contributed by atoms with van der Waals surface area (Å²) in [7, 11) is -3.00. The van der Waals surface area contributed by atoms with Gasteiger partial charge in [-0.05, 0) is 36.5 Å². The lowest BCUT2D eigenvalue weighted by Crippen LogP contribution is -2.53. The number of rotatable bonds is 6. The third kappa shape index (κ3) is 4.97. The average Bonchev–Trinajstić information content (AvgIpc) is 3.51. The van der Waals surface area contributed by atoms with Crippen LogP contribution in [0, 0.1) is 0 Å². The van der Waals surface area contributed by atoms with Crippen LogP contribution in [0.5, 0.6) is 5.75 Å². The van der Waals surface area contributed by atoms with Gasteiger partial charge in [-0.1, -0.05) is 25.0 Å². The number of amides is 1. The molecule has 3 aliphatic heterocycles. The lowest BCUT2D eigenvalue weighted by molar-refractivity contribution is -0.137. The highest BCUT2D eigenvalue weighted by Gasteiger charge is 2.39. The molecule has 3 heterocycles. The summed E-state index contributed by atoms with van der Waals surface area (Å²) in [6, 6.07) is 6.63. The van der Waals surface area contributed by atoms with Crippen molar-refractivity contribution in [2.45, 2.75) is 57.2 Å². The Morgan fingerprint density at radius 2 is 1.78 bits per heavy atom. The number of ether oxygens (including phenoxy) is 1. The number of nitrogens with zero attached hydrogens (tertiary/aromatic N) is 3. The first kappa shape index (κ1) is 22.2. The first-order valence-corrected chi connectivity index (χ1v) is 14.0. The third-order valence-electron chi connectivity index (χ3n) is 7.59. The molecule has 1 atom stereocenters. The molecule has 0 aromatic heterocycles. The average molecular weight is 462 g/mol. The number of carbonyl (C=O) groups excluding carboxylic acids is 1. The zero-order chi connectivity index (χ0) is 22.1. The van der Waals surface area contributed by atoms with E-state index in [0.717, 1.165) is 77.2 Å². The smallest absolute Gasteiger partial charge is 0.237 e. The van der Waals surface area contributed by atoms with E-state index in [1.54, 1.807) is 0 Å². The van der Waals surface area contributed by atoms with Crippen molar-refractivity contribution in [1.29, 1.82) is 0 Å². The molecule has 1 amide bonds. The molecule has 0 N–H and O–H groups in total. The highest BCUT2D eigenvalue weighted by Crippen LogP contribution is 2.30. The third-order valence-corrected chi connectivity index (χ3v) is 9.34. The normalized spacial score (nSPS) is 26.2. The molecule has 5 rings (SSSR count). The first-order chi connectivity index (χ1) is 15.5. The van der Waals surface area contributed by atoms with Crippen LogP contribution in [-0.4, -0.2) is 91.9 Å². The van der Waals surface area contributed by atoms with Crippen LogP contribution in [-0.2, 0) is 27.6 Å². The Balaban J connectivity index is 1.15. The second-order valence-electron chi connectivity index (χ2n) is 9.89. The van der Waals surface area contributed by atoms with Gasteiger partial charge in [0.15, 0.2) is 9.84 Å². The van der Waals surface area contributed by atoms with E-state index in [-0.39, 0.29) is 29.5 Å². The molecule has 4 aliphatic rings. The van der Waals surface area contributed by atoms with Gasteiger partial charge in [0.05, 0.1) is 24.7 Å². The number of benzene rings is 1. The summed E-state index contributed by atoms with van der Waals surface area (Å²) in [6.45, 7) is 5.78. The Morgan fingerprint density at radius 1 is 1.03 bits per heavy atom. The molecule has 2 saturated heterocycles. The molecule has 1 aromatic rings. The van der Waals surface area contributed by atoms with Gasteiger partial charge < -0.3 is 9.64 Å². The van der Waals surface area contributed by atoms with Gasteiger partial charge in [0, 0.05) is 51.2 Å². The number of hydrogen-bond acceptors (Lipinski definition) is 6. The maximum atomic E-state index is 13.3. The van der Waals surface area contributed by atoms with E-state index >= 15 is 0 Å². The lowest BCUT2D eigenvalue weighted by atomic mass is 10.1. The van der Waals surface area contributed by atoms with Crippen LogP contribution in [0.25, 0.3) is 0 Å². The maximum Gasteiger partial charge on any atom is 0.237 e. The zero-order valence-electron chi connectivity index (χ0n) is 18.9. The van der Waals surface area contributed by atoms with Crippen molar-refractivity contribution in [1.82, 2.24) is 14.7 Å². The van der Waals surface area contributed by atoms with Crippen molar-refractivity contribution in [2.24, 2.45) is 0 Å². The minimum Gasteiger partial charge on any atom is -0.493 e. The Kier molecular flexibility index (Phi) is 6.45. The van der Waals surface area contributed by atoms with E-state index in [1.807, 2.05) is 4.90 Å². The zero-order valence-corrected chi connectivity index (χ0v) is 19.7. The van der Waals surface area contributed by atoms with Gasteiger partial charge in [0.25, 0.3) is 0 Å². The van der Waals surface area contributed by atoms with Crippen molar-refractivity contribution in [3.8, 4) is 5.75 Å². The second-order valence-corrected chi connectivity index (χ2v) is 12.1. The Hall–Kier alpha value is -1.64. The lowest BCUT2D eigenvalue weighted by Gasteiger charge is -2.38. The van der Waals surface area contributed by atoms with E-state index in [9.17, 15) is 13.2 Å². The minimum absolute atomic E-state index is 0.124. The fraction of sp³-hybridized carbons (Fsp3) is 0.708. The van der Waals surface area contributed by atoms with E-state index in [0.29, 0.717) is 13.0 Å². The quantitative estimate of drug-likeness (QED) is 0.642. The molecule has 8 heteroatoms. The van der Waals surface area contributed by atoms with E-state index < -0.39 is 9.84 Å². The summed E-state index contributed by atoms with van der Waals surface area (Å²) in [6.07, 6.45) is 5.91. The van der Waals surface area contributed by atoms with Gasteiger partial charge in [-0.2, -0.15) is 0 Å². The van der Waals surface area contributed by atoms with E-state index in [4.69, 9.17) is 4.74 Å². The molecule has 0 radical (unpaired) electrons. The van der Waals surface area contributed by atoms with Crippen LogP contribution in [0.15, 0.2) is 18.2 Å². The van der Waals surface area contributed by atoms with Crippen molar-refractivity contribution >= 4 is 15.7 Å². The number of fused-ring (bicyclic) bond motifs is 1. The fourth-order valence-corrected chi connectivity index (χ4v) is 7.57.